The number of rotatable bonds is 2. The summed E-state index contributed by atoms with van der Waals surface area (Å²) < 4.78 is 7.06. The summed E-state index contributed by atoms with van der Waals surface area (Å²) in [6.45, 7) is 1.99. The number of aromatic nitrogens is 3. The molecular weight excluding hydrogens is 240 g/mol. The van der Waals surface area contributed by atoms with Crippen LogP contribution in [0.25, 0.3) is 17.0 Å². The van der Waals surface area contributed by atoms with Crippen molar-refractivity contribution in [3.63, 3.8) is 0 Å². The van der Waals surface area contributed by atoms with Crippen molar-refractivity contribution in [2.75, 3.05) is 12.8 Å². The van der Waals surface area contributed by atoms with Gasteiger partial charge < -0.3 is 10.5 Å². The van der Waals surface area contributed by atoms with Gasteiger partial charge in [0.05, 0.1) is 12.8 Å². The molecule has 2 N–H and O–H groups in total. The molecule has 3 rings (SSSR count). The van der Waals surface area contributed by atoms with Crippen LogP contribution in [0, 0.1) is 6.92 Å². The van der Waals surface area contributed by atoms with Crippen molar-refractivity contribution in [1.29, 1.82) is 0 Å². The van der Waals surface area contributed by atoms with Gasteiger partial charge in [-0.2, -0.15) is 0 Å². The summed E-state index contributed by atoms with van der Waals surface area (Å²) in [7, 11) is 1.64. The minimum absolute atomic E-state index is 0.632. The molecule has 0 aliphatic carbocycles. The molecule has 5 heteroatoms. The number of aryl methyl sites for hydroxylation is 1. The number of hydrogen-bond acceptors (Lipinski definition) is 4. The maximum absolute atomic E-state index is 5.95. The van der Waals surface area contributed by atoms with E-state index in [2.05, 4.69) is 10.2 Å². The molecule has 2 heterocycles. The number of nitrogens with two attached hydrogens (primary N) is 1. The van der Waals surface area contributed by atoms with Gasteiger partial charge in [0.2, 0.25) is 0 Å². The first kappa shape index (κ1) is 11.5. The summed E-state index contributed by atoms with van der Waals surface area (Å²) in [5, 5.41) is 8.35. The summed E-state index contributed by atoms with van der Waals surface area (Å²) in [5.41, 5.74) is 9.30. The van der Waals surface area contributed by atoms with Crippen LogP contribution in [0.15, 0.2) is 36.5 Å². The zero-order valence-corrected chi connectivity index (χ0v) is 10.8. The quantitative estimate of drug-likeness (QED) is 0.762. The van der Waals surface area contributed by atoms with Crippen LogP contribution < -0.4 is 10.5 Å². The van der Waals surface area contributed by atoms with Crippen LogP contribution in [-0.2, 0) is 0 Å². The first-order chi connectivity index (χ1) is 9.19. The van der Waals surface area contributed by atoms with Gasteiger partial charge in [-0.3, -0.25) is 4.40 Å². The first-order valence-electron chi connectivity index (χ1n) is 5.94. The third-order valence-corrected chi connectivity index (χ3v) is 3.02. The summed E-state index contributed by atoms with van der Waals surface area (Å²) in [4.78, 5) is 0. The van der Waals surface area contributed by atoms with Crippen molar-refractivity contribution in [3.8, 4) is 17.1 Å². The number of fused-ring (bicyclic) bond motifs is 1. The van der Waals surface area contributed by atoms with Gasteiger partial charge in [0, 0.05) is 11.8 Å². The van der Waals surface area contributed by atoms with Crippen molar-refractivity contribution < 1.29 is 4.74 Å². The fraction of sp³-hybridized carbons (Fsp3) is 0.143. The van der Waals surface area contributed by atoms with Crippen LogP contribution in [0.4, 0.5) is 5.69 Å². The highest BCUT2D eigenvalue weighted by Crippen LogP contribution is 2.23. The maximum atomic E-state index is 5.95. The average Bonchev–Trinajstić information content (AvgIpc) is 2.83. The molecule has 0 amide bonds. The number of anilines is 1. The van der Waals surface area contributed by atoms with Gasteiger partial charge in [0.1, 0.15) is 5.75 Å². The van der Waals surface area contributed by atoms with E-state index < -0.39 is 0 Å². The second-order valence-corrected chi connectivity index (χ2v) is 4.42. The molecule has 96 valence electrons. The average molecular weight is 254 g/mol. The van der Waals surface area contributed by atoms with Crippen molar-refractivity contribution in [3.05, 3.63) is 42.1 Å². The van der Waals surface area contributed by atoms with Gasteiger partial charge in [-0.25, -0.2) is 0 Å². The lowest BCUT2D eigenvalue weighted by Gasteiger charge is -2.04. The topological polar surface area (TPSA) is 65.4 Å². The third-order valence-electron chi connectivity index (χ3n) is 3.02. The molecular formula is C14H14N4O. The maximum Gasteiger partial charge on any atom is 0.184 e. The van der Waals surface area contributed by atoms with Crippen LogP contribution >= 0.6 is 0 Å². The van der Waals surface area contributed by atoms with Crippen molar-refractivity contribution in [2.24, 2.45) is 0 Å². The molecule has 3 aromatic rings. The van der Waals surface area contributed by atoms with E-state index in [1.54, 1.807) is 7.11 Å². The minimum atomic E-state index is 0.632. The number of methoxy groups -OCH3 is 1. The van der Waals surface area contributed by atoms with Gasteiger partial charge in [0.25, 0.3) is 0 Å². The van der Waals surface area contributed by atoms with Crippen LogP contribution in [0.1, 0.15) is 5.56 Å². The van der Waals surface area contributed by atoms with E-state index in [0.717, 1.165) is 22.7 Å². The molecule has 0 atom stereocenters. The monoisotopic (exact) mass is 254 g/mol. The number of benzene rings is 1. The standard InChI is InChI=1S/C14H14N4O/c1-9-7-12(15)14-17-16-13(18(14)8-9)10-3-5-11(19-2)6-4-10/h3-8H,15H2,1-2H3. The van der Waals surface area contributed by atoms with E-state index in [0.29, 0.717) is 11.3 Å². The number of nitrogen functional groups attached to an aromatic ring is 1. The van der Waals surface area contributed by atoms with E-state index in [1.165, 1.54) is 0 Å². The molecule has 0 bridgehead atoms. The summed E-state index contributed by atoms with van der Waals surface area (Å²) in [5.74, 6) is 1.58. The Balaban J connectivity index is 2.19. The number of hydrogen-bond donors (Lipinski definition) is 1. The highest BCUT2D eigenvalue weighted by Gasteiger charge is 2.10. The Kier molecular flexibility index (Phi) is 2.59. The molecule has 19 heavy (non-hydrogen) atoms. The van der Waals surface area contributed by atoms with E-state index in [-0.39, 0.29) is 0 Å². The SMILES string of the molecule is COc1ccc(-c2nnc3c(N)cc(C)cn23)cc1. The molecule has 0 saturated carbocycles. The third kappa shape index (κ3) is 1.89. The smallest absolute Gasteiger partial charge is 0.184 e. The number of pyridine rings is 1. The van der Waals surface area contributed by atoms with Crippen LogP contribution in [0.3, 0.4) is 0 Å². The molecule has 2 aromatic heterocycles. The van der Waals surface area contributed by atoms with Crippen LogP contribution in [0.2, 0.25) is 0 Å². The first-order valence-corrected chi connectivity index (χ1v) is 5.94. The highest BCUT2D eigenvalue weighted by molar-refractivity contribution is 5.70. The molecule has 0 aliphatic rings. The van der Waals surface area contributed by atoms with E-state index in [4.69, 9.17) is 10.5 Å². The molecule has 0 fully saturated rings. The Morgan fingerprint density at radius 2 is 1.89 bits per heavy atom. The van der Waals surface area contributed by atoms with Gasteiger partial charge in [-0.15, -0.1) is 10.2 Å². The van der Waals surface area contributed by atoms with Crippen LogP contribution in [-0.4, -0.2) is 21.7 Å². The largest absolute Gasteiger partial charge is 0.497 e. The van der Waals surface area contributed by atoms with Crippen molar-refractivity contribution >= 4 is 11.3 Å². The van der Waals surface area contributed by atoms with Gasteiger partial charge in [0.15, 0.2) is 11.5 Å². The zero-order chi connectivity index (χ0) is 13.4. The Bertz CT molecular complexity index is 731. The fourth-order valence-corrected chi connectivity index (χ4v) is 2.10. The summed E-state index contributed by atoms with van der Waals surface area (Å²) in [6, 6.07) is 9.59. The normalized spacial score (nSPS) is 10.8. The Morgan fingerprint density at radius 3 is 2.58 bits per heavy atom. The van der Waals surface area contributed by atoms with Gasteiger partial charge in [-0.05, 0) is 42.8 Å². The highest BCUT2D eigenvalue weighted by atomic mass is 16.5. The fourth-order valence-electron chi connectivity index (χ4n) is 2.10. The molecule has 0 unspecified atom stereocenters. The lowest BCUT2D eigenvalue weighted by atomic mass is 10.2. The Hall–Kier alpha value is -2.56. The predicted molar refractivity (Wildman–Crippen MR) is 74.1 cm³/mol. The molecule has 0 saturated heterocycles. The van der Waals surface area contributed by atoms with E-state index >= 15 is 0 Å². The molecule has 0 aliphatic heterocycles. The van der Waals surface area contributed by atoms with E-state index in [1.807, 2.05) is 47.9 Å². The molecule has 1 aromatic carbocycles. The lowest BCUT2D eigenvalue weighted by molar-refractivity contribution is 0.415. The minimum Gasteiger partial charge on any atom is -0.497 e. The Labute approximate surface area is 110 Å². The second kappa shape index (κ2) is 4.28. The lowest BCUT2D eigenvalue weighted by Crippen LogP contribution is -1.95. The van der Waals surface area contributed by atoms with Crippen LogP contribution in [0.5, 0.6) is 5.75 Å². The zero-order valence-electron chi connectivity index (χ0n) is 10.8. The predicted octanol–water partition coefficient (Wildman–Crippen LogP) is 2.30. The number of ether oxygens (including phenoxy) is 1. The van der Waals surface area contributed by atoms with Crippen molar-refractivity contribution in [1.82, 2.24) is 14.6 Å². The summed E-state index contributed by atoms with van der Waals surface area (Å²) in [6.07, 6.45) is 1.98. The van der Waals surface area contributed by atoms with Gasteiger partial charge in [-0.1, -0.05) is 0 Å². The number of nitrogens with zero attached hydrogens (tertiary/aromatic N) is 3. The molecule has 0 spiro atoms. The van der Waals surface area contributed by atoms with E-state index in [9.17, 15) is 0 Å². The molecule has 5 nitrogen and oxygen atoms in total. The van der Waals surface area contributed by atoms with Gasteiger partial charge >= 0.3 is 0 Å². The summed E-state index contributed by atoms with van der Waals surface area (Å²) >= 11 is 0. The molecule has 0 radical (unpaired) electrons. The second-order valence-electron chi connectivity index (χ2n) is 4.42. The Morgan fingerprint density at radius 1 is 1.16 bits per heavy atom. The van der Waals surface area contributed by atoms with Crippen molar-refractivity contribution in [2.45, 2.75) is 6.92 Å².